The quantitative estimate of drug-likeness (QED) is 0.744. The summed E-state index contributed by atoms with van der Waals surface area (Å²) >= 11 is 0. The van der Waals surface area contributed by atoms with Crippen LogP contribution < -0.4 is 0 Å². The normalized spacial score (nSPS) is 15.0. The van der Waals surface area contributed by atoms with Gasteiger partial charge in [-0.3, -0.25) is 4.90 Å². The van der Waals surface area contributed by atoms with Crippen LogP contribution in [0.1, 0.15) is 17.1 Å². The van der Waals surface area contributed by atoms with Crippen LogP contribution >= 0.6 is 0 Å². The van der Waals surface area contributed by atoms with Gasteiger partial charge in [-0.05, 0) is 6.42 Å². The lowest BCUT2D eigenvalue weighted by atomic mass is 10.0. The minimum absolute atomic E-state index is 0.881. The molecule has 0 N–H and O–H groups in total. The van der Waals surface area contributed by atoms with Crippen molar-refractivity contribution < 1.29 is 0 Å². The number of aryl methyl sites for hydroxylation is 1. The average Bonchev–Trinajstić information content (AvgIpc) is 2.90. The SMILES string of the molecule is Cn1ccnc1CN1CCc2ncnc(-c3ccccc3)c2CC1. The zero-order valence-electron chi connectivity index (χ0n) is 13.9. The molecule has 0 saturated heterocycles. The summed E-state index contributed by atoms with van der Waals surface area (Å²) in [5, 5.41) is 0. The van der Waals surface area contributed by atoms with E-state index in [1.807, 2.05) is 25.5 Å². The minimum Gasteiger partial charge on any atom is -0.337 e. The Labute approximate surface area is 142 Å². The maximum atomic E-state index is 4.57. The average molecular weight is 319 g/mol. The summed E-state index contributed by atoms with van der Waals surface area (Å²) in [6.45, 7) is 2.89. The molecule has 5 heteroatoms. The van der Waals surface area contributed by atoms with Crippen LogP contribution in [0.4, 0.5) is 0 Å². The van der Waals surface area contributed by atoms with Gasteiger partial charge >= 0.3 is 0 Å². The van der Waals surface area contributed by atoms with Crippen LogP contribution in [-0.2, 0) is 26.4 Å². The summed E-state index contributed by atoms with van der Waals surface area (Å²) in [4.78, 5) is 16.0. The topological polar surface area (TPSA) is 46.8 Å². The zero-order chi connectivity index (χ0) is 16.4. The lowest BCUT2D eigenvalue weighted by Crippen LogP contribution is -2.27. The van der Waals surface area contributed by atoms with E-state index in [9.17, 15) is 0 Å². The number of hydrogen-bond acceptors (Lipinski definition) is 4. The Morgan fingerprint density at radius 3 is 2.62 bits per heavy atom. The first-order valence-electron chi connectivity index (χ1n) is 8.38. The molecule has 0 aliphatic carbocycles. The first-order valence-corrected chi connectivity index (χ1v) is 8.38. The molecule has 0 unspecified atom stereocenters. The number of fused-ring (bicyclic) bond motifs is 1. The largest absolute Gasteiger partial charge is 0.337 e. The second-order valence-corrected chi connectivity index (χ2v) is 6.24. The van der Waals surface area contributed by atoms with Gasteiger partial charge in [-0.1, -0.05) is 30.3 Å². The van der Waals surface area contributed by atoms with E-state index in [2.05, 4.69) is 48.7 Å². The third kappa shape index (κ3) is 2.95. The van der Waals surface area contributed by atoms with Crippen LogP contribution in [0.2, 0.25) is 0 Å². The summed E-state index contributed by atoms with van der Waals surface area (Å²) in [6.07, 6.45) is 7.50. The molecule has 0 bridgehead atoms. The summed E-state index contributed by atoms with van der Waals surface area (Å²) in [5.41, 5.74) is 4.74. The van der Waals surface area contributed by atoms with Gasteiger partial charge in [0.05, 0.1) is 12.2 Å². The second kappa shape index (κ2) is 6.53. The third-order valence-corrected chi connectivity index (χ3v) is 4.71. The number of benzene rings is 1. The Morgan fingerprint density at radius 1 is 1.00 bits per heavy atom. The Bertz CT molecular complexity index is 825. The first kappa shape index (κ1) is 15.0. The fourth-order valence-electron chi connectivity index (χ4n) is 3.32. The Kier molecular flexibility index (Phi) is 4.09. The van der Waals surface area contributed by atoms with E-state index in [0.717, 1.165) is 44.0 Å². The van der Waals surface area contributed by atoms with Crippen molar-refractivity contribution in [2.24, 2.45) is 7.05 Å². The molecule has 0 fully saturated rings. The number of hydrogen-bond donors (Lipinski definition) is 0. The van der Waals surface area contributed by atoms with E-state index >= 15 is 0 Å². The predicted molar refractivity (Wildman–Crippen MR) is 93.4 cm³/mol. The van der Waals surface area contributed by atoms with Crippen molar-refractivity contribution in [1.82, 2.24) is 24.4 Å². The molecular weight excluding hydrogens is 298 g/mol. The fourth-order valence-corrected chi connectivity index (χ4v) is 3.32. The molecule has 0 atom stereocenters. The third-order valence-electron chi connectivity index (χ3n) is 4.71. The van der Waals surface area contributed by atoms with Gasteiger partial charge in [-0.2, -0.15) is 0 Å². The summed E-state index contributed by atoms with van der Waals surface area (Å²) in [7, 11) is 2.05. The number of aromatic nitrogens is 4. The molecule has 2 aromatic heterocycles. The number of imidazole rings is 1. The molecule has 3 aromatic rings. The second-order valence-electron chi connectivity index (χ2n) is 6.24. The lowest BCUT2D eigenvalue weighted by molar-refractivity contribution is 0.269. The highest BCUT2D eigenvalue weighted by Gasteiger charge is 2.20. The molecule has 122 valence electrons. The highest BCUT2D eigenvalue weighted by molar-refractivity contribution is 5.63. The van der Waals surface area contributed by atoms with Crippen LogP contribution in [-0.4, -0.2) is 37.5 Å². The van der Waals surface area contributed by atoms with Crippen LogP contribution in [0.15, 0.2) is 49.1 Å². The highest BCUT2D eigenvalue weighted by atomic mass is 15.2. The molecule has 0 amide bonds. The molecule has 1 aliphatic heterocycles. The van der Waals surface area contributed by atoms with E-state index in [1.54, 1.807) is 6.33 Å². The number of rotatable bonds is 3. The standard InChI is InChI=1S/C19H21N5/c1-23-12-9-20-18(23)13-24-10-7-16-17(8-11-24)21-14-22-19(16)15-5-3-2-4-6-15/h2-6,9,12,14H,7-8,10-11,13H2,1H3. The zero-order valence-corrected chi connectivity index (χ0v) is 13.9. The summed E-state index contributed by atoms with van der Waals surface area (Å²) in [5.74, 6) is 1.11. The van der Waals surface area contributed by atoms with Crippen molar-refractivity contribution in [3.05, 3.63) is 66.1 Å². The molecular formula is C19H21N5. The van der Waals surface area contributed by atoms with Gasteiger partial charge in [0.2, 0.25) is 0 Å². The molecule has 4 rings (SSSR count). The Hall–Kier alpha value is -2.53. The molecule has 0 saturated carbocycles. The Balaban J connectivity index is 1.58. The summed E-state index contributed by atoms with van der Waals surface area (Å²) < 4.78 is 2.09. The smallest absolute Gasteiger partial charge is 0.122 e. The molecule has 0 radical (unpaired) electrons. The molecule has 24 heavy (non-hydrogen) atoms. The summed E-state index contributed by atoms with van der Waals surface area (Å²) in [6, 6.07) is 10.4. The molecule has 3 heterocycles. The molecule has 0 spiro atoms. The lowest BCUT2D eigenvalue weighted by Gasteiger charge is -2.19. The van der Waals surface area contributed by atoms with Crippen LogP contribution in [0.25, 0.3) is 11.3 Å². The van der Waals surface area contributed by atoms with E-state index in [0.29, 0.717) is 0 Å². The fraction of sp³-hybridized carbons (Fsp3) is 0.316. The number of nitrogens with zero attached hydrogens (tertiary/aromatic N) is 5. The monoisotopic (exact) mass is 319 g/mol. The van der Waals surface area contributed by atoms with Crippen LogP contribution in [0.3, 0.4) is 0 Å². The van der Waals surface area contributed by atoms with E-state index in [4.69, 9.17) is 0 Å². The van der Waals surface area contributed by atoms with Gasteiger partial charge in [-0.15, -0.1) is 0 Å². The molecule has 1 aliphatic rings. The Morgan fingerprint density at radius 2 is 1.83 bits per heavy atom. The van der Waals surface area contributed by atoms with Crippen LogP contribution in [0.5, 0.6) is 0 Å². The van der Waals surface area contributed by atoms with Crippen molar-refractivity contribution in [3.63, 3.8) is 0 Å². The van der Waals surface area contributed by atoms with Gasteiger partial charge in [-0.25, -0.2) is 15.0 Å². The first-order chi connectivity index (χ1) is 11.8. The van der Waals surface area contributed by atoms with Gasteiger partial charge < -0.3 is 4.57 Å². The van der Waals surface area contributed by atoms with Crippen molar-refractivity contribution >= 4 is 0 Å². The van der Waals surface area contributed by atoms with E-state index in [-0.39, 0.29) is 0 Å². The maximum Gasteiger partial charge on any atom is 0.122 e. The predicted octanol–water partition coefficient (Wildman–Crippen LogP) is 2.48. The van der Waals surface area contributed by atoms with Crippen molar-refractivity contribution in [1.29, 1.82) is 0 Å². The van der Waals surface area contributed by atoms with Crippen molar-refractivity contribution in [2.45, 2.75) is 19.4 Å². The molecule has 1 aromatic carbocycles. The van der Waals surface area contributed by atoms with Crippen molar-refractivity contribution in [2.75, 3.05) is 13.1 Å². The van der Waals surface area contributed by atoms with Gasteiger partial charge in [0.15, 0.2) is 0 Å². The van der Waals surface area contributed by atoms with Crippen molar-refractivity contribution in [3.8, 4) is 11.3 Å². The highest BCUT2D eigenvalue weighted by Crippen LogP contribution is 2.25. The molecule has 5 nitrogen and oxygen atoms in total. The van der Waals surface area contributed by atoms with Crippen LogP contribution in [0, 0.1) is 0 Å². The van der Waals surface area contributed by atoms with Gasteiger partial charge in [0.25, 0.3) is 0 Å². The maximum absolute atomic E-state index is 4.57. The minimum atomic E-state index is 0.881. The van der Waals surface area contributed by atoms with Gasteiger partial charge in [0, 0.05) is 55.8 Å². The van der Waals surface area contributed by atoms with E-state index in [1.165, 1.54) is 16.8 Å². The van der Waals surface area contributed by atoms with Gasteiger partial charge in [0.1, 0.15) is 12.2 Å². The van der Waals surface area contributed by atoms with E-state index < -0.39 is 0 Å².